The third kappa shape index (κ3) is 6.69. The standard InChI is InChI=1S/C27H22BrF6N3O3/c1-40-25(39)17-4-7-23(22(12-17)35-24(38)16-2-5-20(28)6-3-16)37-10-8-36(9-11-37)21-14-18(26(29,30)31)13-19(15-21)27(32,33)34/h2-7,12-15H,8-11H2,1H3,(H,35,38). The quantitative estimate of drug-likeness (QED) is 0.247. The van der Waals surface area contributed by atoms with E-state index in [0.29, 0.717) is 29.1 Å². The molecule has 4 rings (SSSR count). The number of hydrogen-bond acceptors (Lipinski definition) is 5. The van der Waals surface area contributed by atoms with Crippen LogP contribution in [0.4, 0.5) is 43.4 Å². The Morgan fingerprint density at radius 2 is 1.30 bits per heavy atom. The zero-order chi connectivity index (χ0) is 29.2. The molecule has 6 nitrogen and oxygen atoms in total. The fourth-order valence-electron chi connectivity index (χ4n) is 4.28. The van der Waals surface area contributed by atoms with E-state index < -0.39 is 35.4 Å². The Bertz CT molecular complexity index is 1370. The molecule has 3 aromatic rings. The number of nitrogens with zero attached hydrogens (tertiary/aromatic N) is 2. The number of amides is 1. The fourth-order valence-corrected chi connectivity index (χ4v) is 4.54. The van der Waals surface area contributed by atoms with Crippen LogP contribution in [-0.4, -0.2) is 45.2 Å². The average Bonchev–Trinajstić information content (AvgIpc) is 2.92. The van der Waals surface area contributed by atoms with Crippen molar-refractivity contribution in [2.75, 3.05) is 48.4 Å². The lowest BCUT2D eigenvalue weighted by Crippen LogP contribution is -2.47. The van der Waals surface area contributed by atoms with E-state index in [2.05, 4.69) is 21.2 Å². The van der Waals surface area contributed by atoms with Crippen molar-refractivity contribution >= 4 is 44.9 Å². The minimum atomic E-state index is -4.94. The number of halogens is 7. The van der Waals surface area contributed by atoms with Gasteiger partial charge < -0.3 is 19.9 Å². The molecule has 3 aromatic carbocycles. The highest BCUT2D eigenvalue weighted by molar-refractivity contribution is 9.10. The van der Waals surface area contributed by atoms with Crippen LogP contribution in [0.15, 0.2) is 65.1 Å². The van der Waals surface area contributed by atoms with Crippen molar-refractivity contribution < 1.29 is 40.7 Å². The summed E-state index contributed by atoms with van der Waals surface area (Å²) in [6.45, 7) is 0.654. The molecule has 0 aliphatic carbocycles. The first kappa shape index (κ1) is 29.2. The van der Waals surface area contributed by atoms with Gasteiger partial charge in [-0.2, -0.15) is 26.3 Å². The highest BCUT2D eigenvalue weighted by Crippen LogP contribution is 2.39. The summed E-state index contributed by atoms with van der Waals surface area (Å²) in [4.78, 5) is 28.3. The second kappa shape index (κ2) is 11.4. The summed E-state index contributed by atoms with van der Waals surface area (Å²) >= 11 is 3.30. The number of methoxy groups -OCH3 is 1. The first-order valence-electron chi connectivity index (χ1n) is 11.8. The highest BCUT2D eigenvalue weighted by atomic mass is 79.9. The Labute approximate surface area is 233 Å². The molecule has 0 bridgehead atoms. The van der Waals surface area contributed by atoms with Crippen molar-refractivity contribution in [2.24, 2.45) is 0 Å². The van der Waals surface area contributed by atoms with Gasteiger partial charge in [0, 0.05) is 41.9 Å². The van der Waals surface area contributed by atoms with E-state index >= 15 is 0 Å². The molecule has 1 fully saturated rings. The monoisotopic (exact) mass is 629 g/mol. The summed E-state index contributed by atoms with van der Waals surface area (Å²) in [6, 6.07) is 12.7. The predicted molar refractivity (Wildman–Crippen MR) is 141 cm³/mol. The van der Waals surface area contributed by atoms with Crippen LogP contribution >= 0.6 is 15.9 Å². The molecule has 0 radical (unpaired) electrons. The van der Waals surface area contributed by atoms with Gasteiger partial charge in [0.25, 0.3) is 5.91 Å². The normalized spacial score (nSPS) is 14.2. The molecule has 0 atom stereocenters. The zero-order valence-corrected chi connectivity index (χ0v) is 22.5. The number of hydrogen-bond donors (Lipinski definition) is 1. The molecule has 13 heteroatoms. The van der Waals surface area contributed by atoms with Gasteiger partial charge in [0.15, 0.2) is 0 Å². The number of alkyl halides is 6. The van der Waals surface area contributed by atoms with Crippen LogP contribution in [-0.2, 0) is 17.1 Å². The predicted octanol–water partition coefficient (Wildman–Crippen LogP) is 6.85. The number of ether oxygens (including phenoxy) is 1. The first-order chi connectivity index (χ1) is 18.8. The Morgan fingerprint density at radius 3 is 1.82 bits per heavy atom. The SMILES string of the molecule is COC(=O)c1ccc(N2CCN(c3cc(C(F)(F)F)cc(C(F)(F)F)c3)CC2)c(NC(=O)c2ccc(Br)cc2)c1. The summed E-state index contributed by atoms with van der Waals surface area (Å²) < 4.78 is 85.5. The van der Waals surface area contributed by atoms with Crippen LogP contribution in [0.25, 0.3) is 0 Å². The largest absolute Gasteiger partial charge is 0.465 e. The Balaban J connectivity index is 1.59. The van der Waals surface area contributed by atoms with Crippen molar-refractivity contribution in [1.82, 2.24) is 0 Å². The van der Waals surface area contributed by atoms with E-state index in [1.807, 2.05) is 4.90 Å². The second-order valence-electron chi connectivity index (χ2n) is 8.92. The topological polar surface area (TPSA) is 61.9 Å². The molecular formula is C27H22BrF6N3O3. The Hall–Kier alpha value is -3.74. The number of piperazine rings is 1. The maximum absolute atomic E-state index is 13.3. The van der Waals surface area contributed by atoms with Crippen LogP contribution < -0.4 is 15.1 Å². The lowest BCUT2D eigenvalue weighted by Gasteiger charge is -2.38. The van der Waals surface area contributed by atoms with E-state index in [9.17, 15) is 35.9 Å². The van der Waals surface area contributed by atoms with Gasteiger partial charge in [-0.15, -0.1) is 0 Å². The lowest BCUT2D eigenvalue weighted by atomic mass is 10.1. The molecule has 212 valence electrons. The summed E-state index contributed by atoms with van der Waals surface area (Å²) in [5, 5.41) is 2.79. The van der Waals surface area contributed by atoms with E-state index in [4.69, 9.17) is 4.74 Å². The summed E-state index contributed by atoms with van der Waals surface area (Å²) in [7, 11) is 1.22. The van der Waals surface area contributed by atoms with Gasteiger partial charge in [0.05, 0.1) is 35.2 Å². The van der Waals surface area contributed by atoms with Gasteiger partial charge in [-0.1, -0.05) is 15.9 Å². The number of nitrogens with one attached hydrogen (secondary N) is 1. The number of rotatable bonds is 5. The van der Waals surface area contributed by atoms with Crippen LogP contribution in [0.2, 0.25) is 0 Å². The van der Waals surface area contributed by atoms with Gasteiger partial charge in [-0.05, 0) is 60.7 Å². The number of esters is 1. The highest BCUT2D eigenvalue weighted by Gasteiger charge is 2.37. The minimum absolute atomic E-state index is 0.100. The zero-order valence-electron chi connectivity index (χ0n) is 20.9. The average molecular weight is 630 g/mol. The van der Waals surface area contributed by atoms with Gasteiger partial charge in [0.1, 0.15) is 0 Å². The Morgan fingerprint density at radius 1 is 0.775 bits per heavy atom. The maximum atomic E-state index is 13.3. The van der Waals surface area contributed by atoms with Crippen molar-refractivity contribution in [3.63, 3.8) is 0 Å². The van der Waals surface area contributed by atoms with Crippen LogP contribution in [0, 0.1) is 0 Å². The van der Waals surface area contributed by atoms with Crippen LogP contribution in [0.5, 0.6) is 0 Å². The van der Waals surface area contributed by atoms with Crippen LogP contribution in [0.1, 0.15) is 31.8 Å². The molecule has 0 unspecified atom stereocenters. The smallest absolute Gasteiger partial charge is 0.416 e. The maximum Gasteiger partial charge on any atom is 0.416 e. The second-order valence-corrected chi connectivity index (χ2v) is 9.84. The molecule has 1 aliphatic heterocycles. The summed E-state index contributed by atoms with van der Waals surface area (Å²) in [5.74, 6) is -1.07. The first-order valence-corrected chi connectivity index (χ1v) is 12.6. The van der Waals surface area contributed by atoms with Crippen LogP contribution in [0.3, 0.4) is 0 Å². The van der Waals surface area contributed by atoms with Crippen molar-refractivity contribution in [3.8, 4) is 0 Å². The number of carbonyl (C=O) groups is 2. The van der Waals surface area contributed by atoms with Gasteiger partial charge in [-0.3, -0.25) is 4.79 Å². The van der Waals surface area contributed by atoms with E-state index in [1.54, 1.807) is 30.3 Å². The fraction of sp³-hybridized carbons (Fsp3) is 0.259. The molecule has 1 amide bonds. The van der Waals surface area contributed by atoms with Gasteiger partial charge >= 0.3 is 18.3 Å². The van der Waals surface area contributed by atoms with Crippen molar-refractivity contribution in [2.45, 2.75) is 12.4 Å². The molecule has 1 heterocycles. The molecule has 0 saturated carbocycles. The molecule has 0 aromatic heterocycles. The van der Waals surface area contributed by atoms with Gasteiger partial charge in [-0.25, -0.2) is 4.79 Å². The molecule has 1 N–H and O–H groups in total. The van der Waals surface area contributed by atoms with Crippen molar-refractivity contribution in [3.05, 3.63) is 87.4 Å². The van der Waals surface area contributed by atoms with Crippen molar-refractivity contribution in [1.29, 1.82) is 0 Å². The number of carbonyl (C=O) groups excluding carboxylic acids is 2. The Kier molecular flexibility index (Phi) is 8.33. The third-order valence-electron chi connectivity index (χ3n) is 6.33. The van der Waals surface area contributed by atoms with Gasteiger partial charge in [0.2, 0.25) is 0 Å². The third-order valence-corrected chi connectivity index (χ3v) is 6.86. The van der Waals surface area contributed by atoms with E-state index in [1.165, 1.54) is 24.1 Å². The number of anilines is 3. The molecule has 1 saturated heterocycles. The number of benzene rings is 3. The molecule has 1 aliphatic rings. The molecule has 40 heavy (non-hydrogen) atoms. The van der Waals surface area contributed by atoms with E-state index in [0.717, 1.165) is 4.47 Å². The summed E-state index contributed by atoms with van der Waals surface area (Å²) in [6.07, 6.45) is -9.89. The summed E-state index contributed by atoms with van der Waals surface area (Å²) in [5.41, 5.74) is -1.59. The molecular weight excluding hydrogens is 608 g/mol. The lowest BCUT2D eigenvalue weighted by molar-refractivity contribution is -0.143. The minimum Gasteiger partial charge on any atom is -0.465 e. The van der Waals surface area contributed by atoms with E-state index in [-0.39, 0.29) is 43.5 Å². The molecule has 0 spiro atoms.